The van der Waals surface area contributed by atoms with Crippen LogP contribution in [-0.4, -0.2) is 61.9 Å². The zero-order chi connectivity index (χ0) is 25.1. The Kier molecular flexibility index (Phi) is 10.8. The van der Waals surface area contributed by atoms with Crippen molar-refractivity contribution in [1.29, 1.82) is 0 Å². The minimum Gasteiger partial charge on any atom is -0.347 e. The van der Waals surface area contributed by atoms with Crippen molar-refractivity contribution >= 4 is 43.1 Å². The topological polar surface area (TPSA) is 125 Å². The number of imide groups is 1. The monoisotopic (exact) mass is 468 g/mol. The van der Waals surface area contributed by atoms with Gasteiger partial charge in [-0.2, -0.15) is 0 Å². The summed E-state index contributed by atoms with van der Waals surface area (Å²) >= 11 is 0. The first-order valence-corrected chi connectivity index (χ1v) is 11.7. The molecule has 1 fully saturated rings. The van der Waals surface area contributed by atoms with Gasteiger partial charge in [0.1, 0.15) is 0 Å². The third-order valence-electron chi connectivity index (χ3n) is 5.73. The van der Waals surface area contributed by atoms with Crippen LogP contribution in [0.4, 0.5) is 5.69 Å². The largest absolute Gasteiger partial charge is 0.347 e. The first-order valence-electron chi connectivity index (χ1n) is 11.7. The Morgan fingerprint density at radius 3 is 2.24 bits per heavy atom. The average molecular weight is 468 g/mol. The van der Waals surface area contributed by atoms with Gasteiger partial charge in [-0.15, -0.1) is 0 Å². The van der Waals surface area contributed by atoms with E-state index in [0.29, 0.717) is 37.8 Å². The van der Waals surface area contributed by atoms with Gasteiger partial charge in [0.05, 0.1) is 20.9 Å². The second-order valence-corrected chi connectivity index (χ2v) is 8.75. The van der Waals surface area contributed by atoms with E-state index in [2.05, 4.69) is 16.0 Å². The van der Waals surface area contributed by atoms with Crippen LogP contribution in [0.3, 0.4) is 0 Å². The summed E-state index contributed by atoms with van der Waals surface area (Å²) in [4.78, 5) is 61.3. The summed E-state index contributed by atoms with van der Waals surface area (Å²) < 4.78 is 0. The number of nitrogens with one attached hydrogen (secondary N) is 3. The number of carbonyl (C=O) groups excluding carboxylic acids is 5. The van der Waals surface area contributed by atoms with Crippen molar-refractivity contribution in [3.63, 3.8) is 0 Å². The highest BCUT2D eigenvalue weighted by molar-refractivity contribution is 6.08. The Labute approximate surface area is 201 Å². The summed E-state index contributed by atoms with van der Waals surface area (Å²) in [6.07, 6.45) is 2.85. The fourth-order valence-electron chi connectivity index (χ4n) is 3.63. The lowest BCUT2D eigenvalue weighted by Crippen LogP contribution is -2.40. The standard InChI is InChI=1S/C24H33BN4O5/c1-16(2)19-12-23(33)29(24(19)34)11-5-3-4-6-20(30)26-14-21(31)27-15-22(32)28-18-9-7-17(13-25)8-10-18/h7-10,16,19H,3-6,11-15H2,1-2H3,(H,26,30)(H,27,31)(H,28,32). The quantitative estimate of drug-likeness (QED) is 0.227. The molecule has 0 spiro atoms. The molecule has 0 saturated carbocycles. The SMILES string of the molecule is [B]Cc1ccc(NC(=O)CNC(=O)CNC(=O)CCCCCN2C(=O)CC(C(C)C)C2=O)cc1. The fourth-order valence-corrected chi connectivity index (χ4v) is 3.63. The van der Waals surface area contributed by atoms with Crippen LogP contribution in [0.2, 0.25) is 0 Å². The van der Waals surface area contributed by atoms with Gasteiger partial charge < -0.3 is 16.0 Å². The fraction of sp³-hybridized carbons (Fsp3) is 0.542. The number of benzene rings is 1. The Morgan fingerprint density at radius 1 is 0.971 bits per heavy atom. The number of anilines is 1. The predicted molar refractivity (Wildman–Crippen MR) is 129 cm³/mol. The van der Waals surface area contributed by atoms with Crippen LogP contribution < -0.4 is 16.0 Å². The molecule has 1 aliphatic heterocycles. The summed E-state index contributed by atoms with van der Waals surface area (Å²) in [5, 5.41) is 7.63. The third-order valence-corrected chi connectivity index (χ3v) is 5.73. The molecule has 1 heterocycles. The Morgan fingerprint density at radius 2 is 1.62 bits per heavy atom. The van der Waals surface area contributed by atoms with E-state index in [1.54, 1.807) is 24.3 Å². The molecule has 2 rings (SSSR count). The Hall–Kier alpha value is -3.17. The predicted octanol–water partition coefficient (Wildman–Crippen LogP) is 1.12. The summed E-state index contributed by atoms with van der Waals surface area (Å²) in [5.74, 6) is -1.41. The number of amides is 5. The molecule has 34 heavy (non-hydrogen) atoms. The molecule has 1 saturated heterocycles. The number of nitrogens with zero attached hydrogens (tertiary/aromatic N) is 1. The van der Waals surface area contributed by atoms with Gasteiger partial charge in [-0.05, 0) is 30.9 Å². The highest BCUT2D eigenvalue weighted by Gasteiger charge is 2.39. The first-order chi connectivity index (χ1) is 16.2. The molecule has 0 bridgehead atoms. The molecule has 0 aromatic heterocycles. The highest BCUT2D eigenvalue weighted by Crippen LogP contribution is 2.26. The zero-order valence-corrected chi connectivity index (χ0v) is 19.9. The lowest BCUT2D eigenvalue weighted by atomic mass is 9.94. The second kappa shape index (κ2) is 13.5. The molecule has 5 amide bonds. The second-order valence-electron chi connectivity index (χ2n) is 8.75. The van der Waals surface area contributed by atoms with Crippen LogP contribution in [-0.2, 0) is 30.3 Å². The molecule has 1 aliphatic rings. The molecule has 1 aromatic rings. The van der Waals surface area contributed by atoms with Crippen molar-refractivity contribution in [2.75, 3.05) is 25.0 Å². The maximum Gasteiger partial charge on any atom is 0.243 e. The van der Waals surface area contributed by atoms with Crippen molar-refractivity contribution in [2.45, 2.75) is 52.3 Å². The molecular weight excluding hydrogens is 435 g/mol. The summed E-state index contributed by atoms with van der Waals surface area (Å²) in [7, 11) is 5.53. The molecular formula is C24H33BN4O5. The average Bonchev–Trinajstić information content (AvgIpc) is 3.10. The number of rotatable bonds is 13. The third kappa shape index (κ3) is 8.65. The lowest BCUT2D eigenvalue weighted by molar-refractivity contribution is -0.139. The van der Waals surface area contributed by atoms with Crippen molar-refractivity contribution in [1.82, 2.24) is 15.5 Å². The van der Waals surface area contributed by atoms with Gasteiger partial charge in [0, 0.05) is 31.0 Å². The van der Waals surface area contributed by atoms with Gasteiger partial charge >= 0.3 is 0 Å². The zero-order valence-electron chi connectivity index (χ0n) is 19.9. The van der Waals surface area contributed by atoms with E-state index in [4.69, 9.17) is 7.85 Å². The smallest absolute Gasteiger partial charge is 0.243 e. The minimum atomic E-state index is -0.465. The van der Waals surface area contributed by atoms with Gasteiger partial charge in [0.2, 0.25) is 29.5 Å². The van der Waals surface area contributed by atoms with Crippen molar-refractivity contribution < 1.29 is 24.0 Å². The van der Waals surface area contributed by atoms with Crippen LogP contribution >= 0.6 is 0 Å². The highest BCUT2D eigenvalue weighted by atomic mass is 16.2. The Bertz CT molecular complexity index is 888. The number of carbonyl (C=O) groups is 5. The molecule has 1 aromatic carbocycles. The summed E-state index contributed by atoms with van der Waals surface area (Å²) in [6.45, 7) is 3.83. The molecule has 3 N–H and O–H groups in total. The molecule has 2 radical (unpaired) electrons. The van der Waals surface area contributed by atoms with Gasteiger partial charge in [-0.1, -0.05) is 44.3 Å². The van der Waals surface area contributed by atoms with E-state index in [1.807, 2.05) is 13.8 Å². The molecule has 10 heteroatoms. The van der Waals surface area contributed by atoms with Crippen molar-refractivity contribution in [3.05, 3.63) is 29.8 Å². The minimum absolute atomic E-state index is 0.0954. The van der Waals surface area contributed by atoms with E-state index in [1.165, 1.54) is 4.90 Å². The molecule has 9 nitrogen and oxygen atoms in total. The van der Waals surface area contributed by atoms with Crippen molar-refractivity contribution in [3.8, 4) is 0 Å². The van der Waals surface area contributed by atoms with Crippen LogP contribution in [0, 0.1) is 11.8 Å². The van der Waals surface area contributed by atoms with Crippen LogP contribution in [0.5, 0.6) is 0 Å². The van der Waals surface area contributed by atoms with Gasteiger partial charge in [0.25, 0.3) is 0 Å². The number of unbranched alkanes of at least 4 members (excludes halogenated alkanes) is 2. The van der Waals surface area contributed by atoms with Gasteiger partial charge in [-0.3, -0.25) is 28.9 Å². The summed E-state index contributed by atoms with van der Waals surface area (Å²) in [6, 6.07) is 7.06. The van der Waals surface area contributed by atoms with E-state index >= 15 is 0 Å². The van der Waals surface area contributed by atoms with E-state index in [-0.39, 0.29) is 61.4 Å². The van der Waals surface area contributed by atoms with Crippen molar-refractivity contribution in [2.24, 2.45) is 11.8 Å². The van der Waals surface area contributed by atoms with E-state index < -0.39 is 5.91 Å². The number of hydrogen-bond acceptors (Lipinski definition) is 5. The normalized spacial score (nSPS) is 15.5. The molecule has 182 valence electrons. The molecule has 1 unspecified atom stereocenters. The lowest BCUT2D eigenvalue weighted by Gasteiger charge is -2.16. The van der Waals surface area contributed by atoms with E-state index in [9.17, 15) is 24.0 Å². The molecule has 0 aliphatic carbocycles. The Balaban J connectivity index is 1.54. The maximum atomic E-state index is 12.3. The number of likely N-dealkylation sites (tertiary alicyclic amines) is 1. The van der Waals surface area contributed by atoms with Gasteiger partial charge in [0.15, 0.2) is 0 Å². The van der Waals surface area contributed by atoms with Gasteiger partial charge in [-0.25, -0.2) is 0 Å². The first kappa shape index (κ1) is 27.1. The van der Waals surface area contributed by atoms with Crippen LogP contribution in [0.15, 0.2) is 24.3 Å². The number of hydrogen-bond donors (Lipinski definition) is 3. The van der Waals surface area contributed by atoms with Crippen LogP contribution in [0.1, 0.15) is 51.5 Å². The molecule has 1 atom stereocenters. The van der Waals surface area contributed by atoms with Crippen LogP contribution in [0.25, 0.3) is 0 Å². The maximum absolute atomic E-state index is 12.3. The summed E-state index contributed by atoms with van der Waals surface area (Å²) in [5.41, 5.74) is 1.54. The van der Waals surface area contributed by atoms with E-state index in [0.717, 1.165) is 5.56 Å².